The van der Waals surface area contributed by atoms with Gasteiger partial charge in [-0.05, 0) is 31.6 Å². The fraction of sp³-hybridized carbons (Fsp3) is 0.882. The number of amides is 3. The van der Waals surface area contributed by atoms with Gasteiger partial charge in [-0.3, -0.25) is 4.79 Å². The van der Waals surface area contributed by atoms with E-state index in [-0.39, 0.29) is 23.5 Å². The zero-order valence-electron chi connectivity index (χ0n) is 15.0. The van der Waals surface area contributed by atoms with E-state index in [2.05, 4.69) is 5.32 Å². The molecule has 0 radical (unpaired) electrons. The molecule has 0 aromatic carbocycles. The van der Waals surface area contributed by atoms with Crippen LogP contribution in [-0.2, 0) is 9.53 Å². The zero-order chi connectivity index (χ0) is 17.4. The van der Waals surface area contributed by atoms with Crippen molar-refractivity contribution in [3.05, 3.63) is 0 Å². The topological polar surface area (TPSA) is 84.7 Å². The number of urea groups is 1. The minimum atomic E-state index is -0.661. The molecular weight excluding hydrogens is 294 g/mol. The van der Waals surface area contributed by atoms with Crippen molar-refractivity contribution >= 4 is 11.9 Å². The van der Waals surface area contributed by atoms with Crippen LogP contribution in [0, 0.1) is 10.8 Å². The molecule has 2 saturated carbocycles. The lowest BCUT2D eigenvalue weighted by Gasteiger charge is -2.63. The summed E-state index contributed by atoms with van der Waals surface area (Å²) in [4.78, 5) is 26.1. The number of primary amides is 1. The first kappa shape index (κ1) is 18.0. The molecule has 1 spiro atoms. The number of likely N-dealkylation sites (N-methyl/N-ethyl adjacent to an activating group) is 1. The summed E-state index contributed by atoms with van der Waals surface area (Å²) in [6, 6.07) is -1.08. The zero-order valence-corrected chi connectivity index (χ0v) is 15.0. The Morgan fingerprint density at radius 3 is 2.39 bits per heavy atom. The third-order valence-electron chi connectivity index (χ3n) is 5.61. The number of hydrogen-bond acceptors (Lipinski definition) is 3. The standard InChI is InChI=1S/C17H31N3O3/c1-6-23-12-10-11(17(12)8-7-9-17)20(5)14(21)13(16(2,3)4)19-15(18)22/h11-13H,6-10H2,1-5H3,(H3,18,19,22)/t11-,12-,13+/m1/s1. The molecule has 0 bridgehead atoms. The Morgan fingerprint density at radius 1 is 1.39 bits per heavy atom. The largest absolute Gasteiger partial charge is 0.378 e. The number of carbonyl (C=O) groups is 2. The van der Waals surface area contributed by atoms with Crippen molar-refractivity contribution in [1.29, 1.82) is 0 Å². The molecule has 23 heavy (non-hydrogen) atoms. The van der Waals surface area contributed by atoms with Crippen molar-refractivity contribution in [3.8, 4) is 0 Å². The summed E-state index contributed by atoms with van der Waals surface area (Å²) in [6.45, 7) is 8.53. The first-order chi connectivity index (χ1) is 10.6. The summed E-state index contributed by atoms with van der Waals surface area (Å²) in [5.74, 6) is -0.0671. The van der Waals surface area contributed by atoms with Crippen LogP contribution in [0.4, 0.5) is 4.79 Å². The van der Waals surface area contributed by atoms with E-state index >= 15 is 0 Å². The first-order valence-electron chi connectivity index (χ1n) is 8.57. The van der Waals surface area contributed by atoms with Crippen molar-refractivity contribution in [2.75, 3.05) is 13.7 Å². The molecule has 3 amide bonds. The maximum Gasteiger partial charge on any atom is 0.312 e. The monoisotopic (exact) mass is 325 g/mol. The second kappa shape index (κ2) is 6.30. The molecular formula is C17H31N3O3. The van der Waals surface area contributed by atoms with Gasteiger partial charge in [-0.25, -0.2) is 4.79 Å². The Balaban J connectivity index is 2.11. The number of nitrogens with one attached hydrogen (secondary N) is 1. The van der Waals surface area contributed by atoms with Crippen LogP contribution >= 0.6 is 0 Å². The van der Waals surface area contributed by atoms with Crippen molar-refractivity contribution in [3.63, 3.8) is 0 Å². The highest BCUT2D eigenvalue weighted by Gasteiger charge is 2.61. The van der Waals surface area contributed by atoms with Crippen LogP contribution in [0.5, 0.6) is 0 Å². The average Bonchev–Trinajstić information content (AvgIpc) is 2.35. The van der Waals surface area contributed by atoms with Crippen molar-refractivity contribution in [2.45, 2.75) is 71.6 Å². The van der Waals surface area contributed by atoms with E-state index in [1.54, 1.807) is 0 Å². The fourth-order valence-electron chi connectivity index (χ4n) is 4.09. The molecule has 2 rings (SSSR count). The molecule has 132 valence electrons. The van der Waals surface area contributed by atoms with Gasteiger partial charge in [0.2, 0.25) is 5.91 Å². The molecule has 0 aliphatic heterocycles. The van der Waals surface area contributed by atoms with E-state index in [1.165, 1.54) is 6.42 Å². The Bertz CT molecular complexity index is 468. The maximum absolute atomic E-state index is 13.0. The maximum atomic E-state index is 13.0. The van der Waals surface area contributed by atoms with E-state index in [0.717, 1.165) is 19.3 Å². The second-order valence-corrected chi connectivity index (χ2v) is 8.04. The predicted octanol–water partition coefficient (Wildman–Crippen LogP) is 1.88. The predicted molar refractivity (Wildman–Crippen MR) is 88.8 cm³/mol. The van der Waals surface area contributed by atoms with E-state index in [4.69, 9.17) is 10.5 Å². The van der Waals surface area contributed by atoms with Crippen molar-refractivity contribution < 1.29 is 14.3 Å². The molecule has 0 saturated heterocycles. The fourth-order valence-corrected chi connectivity index (χ4v) is 4.09. The molecule has 0 aromatic heterocycles. The van der Waals surface area contributed by atoms with Gasteiger partial charge in [0.15, 0.2) is 0 Å². The van der Waals surface area contributed by atoms with Gasteiger partial charge in [0, 0.05) is 25.1 Å². The van der Waals surface area contributed by atoms with Gasteiger partial charge < -0.3 is 20.7 Å². The normalized spacial score (nSPS) is 26.8. The lowest BCUT2D eigenvalue weighted by molar-refractivity contribution is -0.203. The van der Waals surface area contributed by atoms with E-state index < -0.39 is 17.5 Å². The van der Waals surface area contributed by atoms with Gasteiger partial charge in [-0.2, -0.15) is 0 Å². The van der Waals surface area contributed by atoms with Crippen LogP contribution in [0.15, 0.2) is 0 Å². The number of nitrogens with zero attached hydrogens (tertiary/aromatic N) is 1. The van der Waals surface area contributed by atoms with Gasteiger partial charge in [-0.15, -0.1) is 0 Å². The molecule has 6 heteroatoms. The molecule has 3 atom stereocenters. The minimum Gasteiger partial charge on any atom is -0.378 e. The summed E-state index contributed by atoms with van der Waals surface area (Å²) < 4.78 is 5.86. The van der Waals surface area contributed by atoms with Gasteiger partial charge >= 0.3 is 6.03 Å². The summed E-state index contributed by atoms with van der Waals surface area (Å²) in [7, 11) is 1.84. The molecule has 0 aromatic rings. The Labute approximate surface area is 139 Å². The SMILES string of the molecule is CCO[C@@H]1C[C@@H](N(C)C(=O)[C@H](NC(N)=O)C(C)(C)C)C12CCC2. The summed E-state index contributed by atoms with van der Waals surface area (Å²) in [5, 5.41) is 2.62. The lowest BCUT2D eigenvalue weighted by atomic mass is 9.50. The Morgan fingerprint density at radius 2 is 2.00 bits per heavy atom. The lowest BCUT2D eigenvalue weighted by Crippen LogP contribution is -2.69. The first-order valence-corrected chi connectivity index (χ1v) is 8.57. The number of hydrogen-bond donors (Lipinski definition) is 2. The second-order valence-electron chi connectivity index (χ2n) is 8.04. The molecule has 0 heterocycles. The molecule has 3 N–H and O–H groups in total. The van der Waals surface area contributed by atoms with Gasteiger partial charge in [-0.1, -0.05) is 27.2 Å². The Hall–Kier alpha value is -1.30. The molecule has 2 aliphatic rings. The van der Waals surface area contributed by atoms with Crippen molar-refractivity contribution in [2.24, 2.45) is 16.6 Å². The highest BCUT2D eigenvalue weighted by molar-refractivity contribution is 5.87. The van der Waals surface area contributed by atoms with Crippen LogP contribution in [0.2, 0.25) is 0 Å². The van der Waals surface area contributed by atoms with Gasteiger partial charge in [0.05, 0.1) is 6.10 Å². The summed E-state index contributed by atoms with van der Waals surface area (Å²) in [6.07, 6.45) is 4.57. The Kier molecular flexibility index (Phi) is 4.95. The smallest absolute Gasteiger partial charge is 0.312 e. The highest BCUT2D eigenvalue weighted by Crippen LogP contribution is 2.59. The number of nitrogens with two attached hydrogens (primary N) is 1. The molecule has 2 aliphatic carbocycles. The van der Waals surface area contributed by atoms with E-state index in [1.807, 2.05) is 39.6 Å². The van der Waals surface area contributed by atoms with Crippen LogP contribution < -0.4 is 11.1 Å². The minimum absolute atomic E-state index is 0.0671. The van der Waals surface area contributed by atoms with Crippen molar-refractivity contribution in [1.82, 2.24) is 10.2 Å². The van der Waals surface area contributed by atoms with E-state index in [0.29, 0.717) is 6.61 Å². The molecule has 6 nitrogen and oxygen atoms in total. The van der Waals surface area contributed by atoms with Gasteiger partial charge in [0.25, 0.3) is 0 Å². The van der Waals surface area contributed by atoms with Gasteiger partial charge in [0.1, 0.15) is 6.04 Å². The van der Waals surface area contributed by atoms with E-state index in [9.17, 15) is 9.59 Å². The number of ether oxygens (including phenoxy) is 1. The third kappa shape index (κ3) is 3.18. The van der Waals surface area contributed by atoms with Crippen LogP contribution in [0.3, 0.4) is 0 Å². The average molecular weight is 325 g/mol. The number of carbonyl (C=O) groups excluding carboxylic acids is 2. The summed E-state index contributed by atoms with van der Waals surface area (Å²) >= 11 is 0. The van der Waals surface area contributed by atoms with Crippen LogP contribution in [-0.4, -0.2) is 48.7 Å². The van der Waals surface area contributed by atoms with Crippen LogP contribution in [0.1, 0.15) is 53.4 Å². The third-order valence-corrected chi connectivity index (χ3v) is 5.61. The molecule has 2 fully saturated rings. The molecule has 0 unspecified atom stereocenters. The number of rotatable bonds is 5. The highest BCUT2D eigenvalue weighted by atomic mass is 16.5. The quantitative estimate of drug-likeness (QED) is 0.809. The van der Waals surface area contributed by atoms with Crippen LogP contribution in [0.25, 0.3) is 0 Å². The summed E-state index contributed by atoms with van der Waals surface area (Å²) in [5.41, 5.74) is 4.99.